The van der Waals surface area contributed by atoms with Gasteiger partial charge in [0, 0.05) is 24.8 Å². The summed E-state index contributed by atoms with van der Waals surface area (Å²) in [4.78, 5) is 0.134. The molecule has 1 aliphatic rings. The maximum atomic E-state index is 12.8. The number of nitrogens with two attached hydrogens (primary N) is 1. The zero-order valence-corrected chi connectivity index (χ0v) is 12.5. The minimum Gasteiger partial charge on any atom is -0.381 e. The number of hydrogen-bond donors (Lipinski definition) is 1. The van der Waals surface area contributed by atoms with E-state index in [1.807, 2.05) is 20.8 Å². The Kier molecular flexibility index (Phi) is 3.87. The predicted octanol–water partition coefficient (Wildman–Crippen LogP) is 1.44. The first kappa shape index (κ1) is 14.3. The highest BCUT2D eigenvalue weighted by Crippen LogP contribution is 2.31. The molecule has 0 radical (unpaired) electrons. The summed E-state index contributed by atoms with van der Waals surface area (Å²) < 4.78 is 28.6. The number of piperidine rings is 1. The van der Waals surface area contributed by atoms with Gasteiger partial charge in [-0.15, -0.1) is 0 Å². The maximum absolute atomic E-state index is 12.8. The summed E-state index contributed by atoms with van der Waals surface area (Å²) in [7, 11) is -3.56. The molecule has 19 heavy (non-hydrogen) atoms. The monoisotopic (exact) mass is 286 g/mol. The fraction of sp³-hybridized carbons (Fsp3) is 0.750. The van der Waals surface area contributed by atoms with Gasteiger partial charge in [0.15, 0.2) is 5.82 Å². The lowest BCUT2D eigenvalue weighted by molar-refractivity contribution is 0.204. The molecule has 0 saturated carbocycles. The smallest absolute Gasteiger partial charge is 0.248 e. The largest absolute Gasteiger partial charge is 0.381 e. The molecule has 1 aromatic heterocycles. The molecular formula is C12H22N4O2S. The van der Waals surface area contributed by atoms with Gasteiger partial charge in [0.1, 0.15) is 4.90 Å². The summed E-state index contributed by atoms with van der Waals surface area (Å²) in [5, 5.41) is 4.03. The van der Waals surface area contributed by atoms with Gasteiger partial charge in [-0.25, -0.2) is 8.42 Å². The molecule has 1 fully saturated rings. The second-order valence-electron chi connectivity index (χ2n) is 5.20. The zero-order valence-electron chi connectivity index (χ0n) is 11.7. The lowest BCUT2D eigenvalue weighted by Crippen LogP contribution is -2.47. The van der Waals surface area contributed by atoms with Crippen LogP contribution in [0.3, 0.4) is 0 Å². The van der Waals surface area contributed by atoms with Gasteiger partial charge >= 0.3 is 0 Å². The third kappa shape index (κ3) is 2.49. The minimum atomic E-state index is -3.56. The number of rotatable bonds is 3. The zero-order chi connectivity index (χ0) is 14.2. The highest BCUT2D eigenvalue weighted by Gasteiger charge is 2.37. The Morgan fingerprint density at radius 3 is 2.42 bits per heavy atom. The van der Waals surface area contributed by atoms with Crippen LogP contribution in [-0.4, -0.2) is 34.6 Å². The topological polar surface area (TPSA) is 81.2 Å². The van der Waals surface area contributed by atoms with E-state index in [0.29, 0.717) is 6.54 Å². The number of sulfonamides is 1. The van der Waals surface area contributed by atoms with Crippen molar-refractivity contribution in [2.24, 2.45) is 0 Å². The van der Waals surface area contributed by atoms with E-state index in [2.05, 4.69) is 5.10 Å². The lowest BCUT2D eigenvalue weighted by Gasteiger charge is -2.37. The molecule has 1 aromatic rings. The van der Waals surface area contributed by atoms with Gasteiger partial charge in [0.25, 0.3) is 0 Å². The number of nitrogens with zero attached hydrogens (tertiary/aromatic N) is 3. The van der Waals surface area contributed by atoms with Crippen LogP contribution in [0.25, 0.3) is 0 Å². The molecular weight excluding hydrogens is 264 g/mol. The van der Waals surface area contributed by atoms with Crippen molar-refractivity contribution < 1.29 is 8.42 Å². The fourth-order valence-corrected chi connectivity index (χ4v) is 4.71. The van der Waals surface area contributed by atoms with E-state index in [0.717, 1.165) is 19.3 Å². The van der Waals surface area contributed by atoms with Crippen LogP contribution in [0.15, 0.2) is 11.1 Å². The van der Waals surface area contributed by atoms with E-state index in [1.165, 1.54) is 6.20 Å². The van der Waals surface area contributed by atoms with Gasteiger partial charge in [-0.3, -0.25) is 4.68 Å². The van der Waals surface area contributed by atoms with Crippen LogP contribution in [0.1, 0.15) is 40.0 Å². The van der Waals surface area contributed by atoms with Crippen molar-refractivity contribution >= 4 is 15.8 Å². The van der Waals surface area contributed by atoms with Crippen LogP contribution < -0.4 is 5.73 Å². The molecule has 2 unspecified atom stereocenters. The summed E-state index contributed by atoms with van der Waals surface area (Å²) in [6.07, 6.45) is 4.38. The molecule has 108 valence electrons. The third-order valence-corrected chi connectivity index (χ3v) is 5.89. The summed E-state index contributed by atoms with van der Waals surface area (Å²) >= 11 is 0. The predicted molar refractivity (Wildman–Crippen MR) is 74.1 cm³/mol. The van der Waals surface area contributed by atoms with Gasteiger partial charge in [-0.05, 0) is 33.6 Å². The van der Waals surface area contributed by atoms with Crippen LogP contribution in [-0.2, 0) is 16.6 Å². The average Bonchev–Trinajstić information content (AvgIpc) is 2.70. The number of anilines is 1. The molecule has 2 heterocycles. The van der Waals surface area contributed by atoms with Crippen molar-refractivity contribution in [2.45, 2.75) is 63.6 Å². The molecule has 1 aliphatic heterocycles. The van der Waals surface area contributed by atoms with Gasteiger partial charge in [-0.2, -0.15) is 9.40 Å². The molecule has 6 nitrogen and oxygen atoms in total. The van der Waals surface area contributed by atoms with E-state index in [1.54, 1.807) is 8.99 Å². The van der Waals surface area contributed by atoms with Crippen molar-refractivity contribution in [1.29, 1.82) is 0 Å². The van der Waals surface area contributed by atoms with E-state index >= 15 is 0 Å². The van der Waals surface area contributed by atoms with Crippen molar-refractivity contribution in [1.82, 2.24) is 14.1 Å². The standard InChI is InChI=1S/C12H22N4O2S/c1-4-15-8-11(12(13)14-15)19(17,18)16-9(2)6-5-7-10(16)3/h8-10H,4-7H2,1-3H3,(H2,13,14). The second-order valence-corrected chi connectivity index (χ2v) is 7.01. The average molecular weight is 286 g/mol. The SMILES string of the molecule is CCn1cc(S(=O)(=O)N2C(C)CCCC2C)c(N)n1. The van der Waals surface area contributed by atoms with Crippen molar-refractivity contribution in [3.63, 3.8) is 0 Å². The van der Waals surface area contributed by atoms with Crippen LogP contribution >= 0.6 is 0 Å². The fourth-order valence-electron chi connectivity index (χ4n) is 2.76. The first-order chi connectivity index (χ1) is 8.87. The minimum absolute atomic E-state index is 0.0122. The Hall–Kier alpha value is -1.08. The summed E-state index contributed by atoms with van der Waals surface area (Å²) in [5.74, 6) is 0.0897. The number of aromatic nitrogens is 2. The number of hydrogen-bond acceptors (Lipinski definition) is 4. The van der Waals surface area contributed by atoms with Gasteiger partial charge in [-0.1, -0.05) is 6.42 Å². The van der Waals surface area contributed by atoms with E-state index in [-0.39, 0.29) is 22.8 Å². The van der Waals surface area contributed by atoms with Gasteiger partial charge in [0.2, 0.25) is 10.0 Å². The second kappa shape index (κ2) is 5.13. The van der Waals surface area contributed by atoms with E-state index in [4.69, 9.17) is 5.73 Å². The molecule has 2 N–H and O–H groups in total. The summed E-state index contributed by atoms with van der Waals surface area (Å²) in [6.45, 7) is 6.40. The maximum Gasteiger partial charge on any atom is 0.248 e. The molecule has 0 aliphatic carbocycles. The molecule has 2 rings (SSSR count). The Labute approximate surface area is 114 Å². The molecule has 0 spiro atoms. The highest BCUT2D eigenvalue weighted by molar-refractivity contribution is 7.89. The highest BCUT2D eigenvalue weighted by atomic mass is 32.2. The third-order valence-electron chi connectivity index (χ3n) is 3.75. The summed E-state index contributed by atoms with van der Waals surface area (Å²) in [5.41, 5.74) is 5.76. The quantitative estimate of drug-likeness (QED) is 0.911. The molecule has 1 saturated heterocycles. The van der Waals surface area contributed by atoms with Crippen LogP contribution in [0.2, 0.25) is 0 Å². The number of nitrogen functional groups attached to an aromatic ring is 1. The van der Waals surface area contributed by atoms with Crippen LogP contribution in [0.4, 0.5) is 5.82 Å². The Morgan fingerprint density at radius 2 is 1.95 bits per heavy atom. The van der Waals surface area contributed by atoms with Gasteiger partial charge in [0.05, 0.1) is 0 Å². The Morgan fingerprint density at radius 1 is 1.37 bits per heavy atom. The van der Waals surface area contributed by atoms with Crippen LogP contribution in [0, 0.1) is 0 Å². The Bertz CT molecular complexity index is 542. The van der Waals surface area contributed by atoms with Crippen molar-refractivity contribution in [3.05, 3.63) is 6.20 Å². The lowest BCUT2D eigenvalue weighted by atomic mass is 10.0. The van der Waals surface area contributed by atoms with E-state index < -0.39 is 10.0 Å². The molecule has 2 atom stereocenters. The first-order valence-electron chi connectivity index (χ1n) is 6.74. The van der Waals surface area contributed by atoms with E-state index in [9.17, 15) is 8.42 Å². The summed E-state index contributed by atoms with van der Waals surface area (Å²) in [6, 6.07) is 0.0243. The van der Waals surface area contributed by atoms with Crippen molar-refractivity contribution in [3.8, 4) is 0 Å². The normalized spacial score (nSPS) is 25.6. The molecule has 0 bridgehead atoms. The molecule has 7 heteroatoms. The Balaban J connectivity index is 2.43. The van der Waals surface area contributed by atoms with Crippen molar-refractivity contribution in [2.75, 3.05) is 5.73 Å². The molecule has 0 amide bonds. The number of aryl methyl sites for hydroxylation is 1. The van der Waals surface area contributed by atoms with Gasteiger partial charge < -0.3 is 5.73 Å². The van der Waals surface area contributed by atoms with Crippen LogP contribution in [0.5, 0.6) is 0 Å². The molecule has 0 aromatic carbocycles. The first-order valence-corrected chi connectivity index (χ1v) is 8.18.